The van der Waals surface area contributed by atoms with Crippen molar-refractivity contribution in [2.45, 2.75) is 13.5 Å². The molecule has 1 amide bonds. The molecule has 2 aromatic heterocycles. The topological polar surface area (TPSA) is 96.2 Å². The lowest BCUT2D eigenvalue weighted by atomic mass is 10.2. The van der Waals surface area contributed by atoms with E-state index in [1.165, 1.54) is 4.57 Å². The monoisotopic (exact) mass is 382 g/mol. The van der Waals surface area contributed by atoms with Gasteiger partial charge in [-0.25, -0.2) is 4.79 Å². The van der Waals surface area contributed by atoms with Gasteiger partial charge in [0.05, 0.1) is 0 Å². The summed E-state index contributed by atoms with van der Waals surface area (Å²) in [6.45, 7) is 4.83. The number of nitrogens with zero attached hydrogens (tertiary/aromatic N) is 5. The number of carbonyl (C=O) groups is 1. The standard InChI is InChI=1S/C19H22N6O3/c1-3-25-14-15(22(2)19(28)21-16(14)26)20-18(25)24-11-9-23(10-12-24)17(27)13-7-5-4-6-8-13/h4-8H,3,9-12H2,1-2H3,(H,21,26,28). The van der Waals surface area contributed by atoms with Gasteiger partial charge in [-0.15, -0.1) is 0 Å². The van der Waals surface area contributed by atoms with E-state index < -0.39 is 11.2 Å². The highest BCUT2D eigenvalue weighted by molar-refractivity contribution is 5.94. The van der Waals surface area contributed by atoms with Crippen LogP contribution < -0.4 is 16.1 Å². The number of rotatable bonds is 3. The fourth-order valence-corrected chi connectivity index (χ4v) is 3.64. The van der Waals surface area contributed by atoms with Crippen LogP contribution in [-0.2, 0) is 13.6 Å². The molecule has 1 fully saturated rings. The SMILES string of the molecule is CCn1c(N2CCN(C(=O)c3ccccc3)CC2)nc2c1c(=O)[nH]c(=O)n2C. The first-order valence-electron chi connectivity index (χ1n) is 9.30. The number of aryl methyl sites for hydroxylation is 2. The Morgan fingerprint density at radius 1 is 1.11 bits per heavy atom. The number of fused-ring (bicyclic) bond motifs is 1. The summed E-state index contributed by atoms with van der Waals surface area (Å²) < 4.78 is 3.17. The van der Waals surface area contributed by atoms with Gasteiger partial charge in [0.1, 0.15) is 0 Å². The number of aromatic amines is 1. The molecule has 9 heteroatoms. The molecule has 0 radical (unpaired) electrons. The van der Waals surface area contributed by atoms with Crippen molar-refractivity contribution in [3.05, 3.63) is 56.7 Å². The van der Waals surface area contributed by atoms with E-state index in [0.717, 1.165) is 0 Å². The van der Waals surface area contributed by atoms with Crippen LogP contribution in [0.3, 0.4) is 0 Å². The van der Waals surface area contributed by atoms with Crippen LogP contribution in [0.2, 0.25) is 0 Å². The maximum absolute atomic E-state index is 12.6. The van der Waals surface area contributed by atoms with Crippen LogP contribution in [-0.4, -0.2) is 56.1 Å². The first-order valence-corrected chi connectivity index (χ1v) is 9.30. The first-order chi connectivity index (χ1) is 13.5. The zero-order valence-corrected chi connectivity index (χ0v) is 15.9. The lowest BCUT2D eigenvalue weighted by Crippen LogP contribution is -2.49. The van der Waals surface area contributed by atoms with Crippen molar-refractivity contribution in [3.63, 3.8) is 0 Å². The number of carbonyl (C=O) groups excluding carboxylic acids is 1. The van der Waals surface area contributed by atoms with Crippen molar-refractivity contribution in [3.8, 4) is 0 Å². The van der Waals surface area contributed by atoms with Crippen LogP contribution in [0.15, 0.2) is 39.9 Å². The second-order valence-electron chi connectivity index (χ2n) is 6.79. The van der Waals surface area contributed by atoms with Gasteiger partial charge in [-0.2, -0.15) is 4.98 Å². The van der Waals surface area contributed by atoms with E-state index in [9.17, 15) is 14.4 Å². The minimum absolute atomic E-state index is 0.0167. The maximum Gasteiger partial charge on any atom is 0.329 e. The molecule has 0 unspecified atom stereocenters. The Morgan fingerprint density at radius 2 is 1.79 bits per heavy atom. The number of hydrogen-bond donors (Lipinski definition) is 1. The molecule has 1 N–H and O–H groups in total. The summed E-state index contributed by atoms with van der Waals surface area (Å²) in [4.78, 5) is 47.7. The average molecular weight is 382 g/mol. The predicted octanol–water partition coefficient (Wildman–Crippen LogP) is 0.406. The van der Waals surface area contributed by atoms with Crippen molar-refractivity contribution in [2.24, 2.45) is 7.05 Å². The van der Waals surface area contributed by atoms with Crippen molar-refractivity contribution < 1.29 is 4.79 Å². The normalized spacial score (nSPS) is 14.6. The van der Waals surface area contributed by atoms with E-state index >= 15 is 0 Å². The van der Waals surface area contributed by atoms with Gasteiger partial charge in [0.2, 0.25) is 5.95 Å². The molecular weight excluding hydrogens is 360 g/mol. The zero-order valence-electron chi connectivity index (χ0n) is 15.9. The second-order valence-corrected chi connectivity index (χ2v) is 6.79. The Bertz CT molecular complexity index is 1140. The molecule has 0 saturated carbocycles. The molecule has 0 bridgehead atoms. The predicted molar refractivity (Wildman–Crippen MR) is 106 cm³/mol. The van der Waals surface area contributed by atoms with Crippen molar-refractivity contribution in [1.82, 2.24) is 24.0 Å². The lowest BCUT2D eigenvalue weighted by Gasteiger charge is -2.35. The number of nitrogens with one attached hydrogen (secondary N) is 1. The van der Waals surface area contributed by atoms with Crippen LogP contribution in [0.1, 0.15) is 17.3 Å². The molecule has 1 aromatic carbocycles. The molecule has 1 saturated heterocycles. The Labute approximate surface area is 160 Å². The minimum atomic E-state index is -0.483. The molecule has 3 heterocycles. The molecule has 1 aliphatic heterocycles. The fourth-order valence-electron chi connectivity index (χ4n) is 3.64. The molecule has 0 aliphatic carbocycles. The number of benzene rings is 1. The number of imidazole rings is 1. The lowest BCUT2D eigenvalue weighted by molar-refractivity contribution is 0.0746. The van der Waals surface area contributed by atoms with Crippen molar-refractivity contribution in [1.29, 1.82) is 0 Å². The number of hydrogen-bond acceptors (Lipinski definition) is 5. The second kappa shape index (κ2) is 6.99. The number of aromatic nitrogens is 4. The van der Waals surface area contributed by atoms with Gasteiger partial charge < -0.3 is 14.4 Å². The van der Waals surface area contributed by atoms with Gasteiger partial charge in [0.15, 0.2) is 11.2 Å². The zero-order chi connectivity index (χ0) is 19.8. The van der Waals surface area contributed by atoms with Crippen molar-refractivity contribution >= 4 is 23.0 Å². The van der Waals surface area contributed by atoms with E-state index in [4.69, 9.17) is 0 Å². The quantitative estimate of drug-likeness (QED) is 0.708. The molecule has 146 valence electrons. The van der Waals surface area contributed by atoms with E-state index in [-0.39, 0.29) is 5.91 Å². The summed E-state index contributed by atoms with van der Waals surface area (Å²) >= 11 is 0. The Morgan fingerprint density at radius 3 is 2.43 bits per heavy atom. The van der Waals surface area contributed by atoms with E-state index in [1.807, 2.05) is 46.7 Å². The summed E-state index contributed by atoms with van der Waals surface area (Å²) in [5, 5.41) is 0. The Balaban J connectivity index is 1.62. The largest absolute Gasteiger partial charge is 0.339 e. The van der Waals surface area contributed by atoms with Gasteiger partial charge >= 0.3 is 5.69 Å². The van der Waals surface area contributed by atoms with Crippen LogP contribution in [0.5, 0.6) is 0 Å². The fraction of sp³-hybridized carbons (Fsp3) is 0.368. The number of anilines is 1. The summed E-state index contributed by atoms with van der Waals surface area (Å²) in [6, 6.07) is 9.23. The average Bonchev–Trinajstić information content (AvgIpc) is 3.13. The van der Waals surface area contributed by atoms with Crippen LogP contribution in [0.4, 0.5) is 5.95 Å². The van der Waals surface area contributed by atoms with Gasteiger partial charge in [-0.05, 0) is 19.1 Å². The molecule has 9 nitrogen and oxygen atoms in total. The third kappa shape index (κ3) is 2.88. The van der Waals surface area contributed by atoms with Crippen LogP contribution in [0.25, 0.3) is 11.2 Å². The number of piperazine rings is 1. The van der Waals surface area contributed by atoms with Gasteiger partial charge in [-0.1, -0.05) is 18.2 Å². The van der Waals surface area contributed by atoms with Crippen LogP contribution in [0, 0.1) is 0 Å². The highest BCUT2D eigenvalue weighted by Gasteiger charge is 2.26. The molecule has 4 rings (SSSR count). The molecule has 1 aliphatic rings. The highest BCUT2D eigenvalue weighted by atomic mass is 16.2. The third-order valence-corrected chi connectivity index (χ3v) is 5.17. The molecule has 28 heavy (non-hydrogen) atoms. The summed E-state index contributed by atoms with van der Waals surface area (Å²) in [5.41, 5.74) is 0.522. The summed E-state index contributed by atoms with van der Waals surface area (Å²) in [6.07, 6.45) is 0. The number of amides is 1. The Kier molecular flexibility index (Phi) is 4.50. The van der Waals surface area contributed by atoms with E-state index in [0.29, 0.717) is 55.4 Å². The Hall–Kier alpha value is -3.36. The smallest absolute Gasteiger partial charge is 0.329 e. The molecular formula is C19H22N6O3. The van der Waals surface area contributed by atoms with Gasteiger partial charge in [0, 0.05) is 45.3 Å². The highest BCUT2D eigenvalue weighted by Crippen LogP contribution is 2.21. The van der Waals surface area contributed by atoms with Gasteiger partial charge in [0.25, 0.3) is 11.5 Å². The first kappa shape index (κ1) is 18.0. The molecule has 0 atom stereocenters. The summed E-state index contributed by atoms with van der Waals surface area (Å²) in [7, 11) is 1.59. The number of H-pyrrole nitrogens is 1. The van der Waals surface area contributed by atoms with E-state index in [2.05, 4.69) is 14.9 Å². The van der Waals surface area contributed by atoms with E-state index in [1.54, 1.807) is 7.05 Å². The third-order valence-electron chi connectivity index (χ3n) is 5.17. The van der Waals surface area contributed by atoms with Gasteiger partial charge in [-0.3, -0.25) is 19.1 Å². The molecule has 3 aromatic rings. The van der Waals surface area contributed by atoms with Crippen molar-refractivity contribution in [2.75, 3.05) is 31.1 Å². The minimum Gasteiger partial charge on any atom is -0.339 e. The van der Waals surface area contributed by atoms with Crippen LogP contribution >= 0.6 is 0 Å². The summed E-state index contributed by atoms with van der Waals surface area (Å²) in [5.74, 6) is 0.666. The maximum atomic E-state index is 12.6. The molecule has 0 spiro atoms.